The molecule has 1 aromatic rings. The van der Waals surface area contributed by atoms with Gasteiger partial charge in [0.15, 0.2) is 5.75 Å². The van der Waals surface area contributed by atoms with Crippen molar-refractivity contribution in [2.24, 2.45) is 5.73 Å². The lowest BCUT2D eigenvalue weighted by Crippen LogP contribution is -1.96. The van der Waals surface area contributed by atoms with Gasteiger partial charge in [-0.1, -0.05) is 12.1 Å². The van der Waals surface area contributed by atoms with Gasteiger partial charge in [0.05, 0.1) is 0 Å². The van der Waals surface area contributed by atoms with E-state index < -0.39 is 0 Å². The zero-order valence-corrected chi connectivity index (χ0v) is 5.63. The standard InChI is InChI=1S/C8H9NO/c1-6-2-3-8(10)7(4-6)5-9/h2-4H,1,5,9H2. The second-order valence-electron chi connectivity index (χ2n) is 2.15. The molecule has 10 heavy (non-hydrogen) atoms. The van der Waals surface area contributed by atoms with Crippen LogP contribution in [0.1, 0.15) is 11.1 Å². The normalized spacial score (nSPS) is 9.80. The number of nitrogens with two attached hydrogens (primary N) is 1. The van der Waals surface area contributed by atoms with Crippen LogP contribution in [0, 0.1) is 6.92 Å². The van der Waals surface area contributed by atoms with Gasteiger partial charge < -0.3 is 5.73 Å². The smallest absolute Gasteiger partial charge is 0.183 e. The van der Waals surface area contributed by atoms with Crippen LogP contribution in [0.4, 0.5) is 0 Å². The number of benzene rings is 1. The lowest BCUT2D eigenvalue weighted by Gasteiger charge is -1.98. The predicted molar refractivity (Wildman–Crippen MR) is 38.9 cm³/mol. The molecule has 0 heterocycles. The predicted octanol–water partition coefficient (Wildman–Crippen LogP) is 1.47. The first-order valence-electron chi connectivity index (χ1n) is 3.06. The van der Waals surface area contributed by atoms with Crippen molar-refractivity contribution >= 4 is 0 Å². The van der Waals surface area contributed by atoms with Crippen LogP contribution in [0.3, 0.4) is 0 Å². The Hall–Kier alpha value is -1.02. The third kappa shape index (κ3) is 1.28. The Morgan fingerprint density at radius 2 is 2.20 bits per heavy atom. The highest BCUT2D eigenvalue weighted by Gasteiger charge is 1.98. The Kier molecular flexibility index (Phi) is 1.92. The van der Waals surface area contributed by atoms with Gasteiger partial charge in [0, 0.05) is 12.1 Å². The number of hydrogen-bond donors (Lipinski definition) is 1. The molecule has 0 aliphatic rings. The van der Waals surface area contributed by atoms with Crippen LogP contribution in [-0.2, 0) is 11.7 Å². The highest BCUT2D eigenvalue weighted by molar-refractivity contribution is 5.36. The number of hydrogen-bond acceptors (Lipinski definition) is 1. The van der Waals surface area contributed by atoms with E-state index in [1.807, 2.05) is 0 Å². The molecule has 2 radical (unpaired) electrons. The van der Waals surface area contributed by atoms with Crippen molar-refractivity contribution in [3.05, 3.63) is 36.2 Å². The van der Waals surface area contributed by atoms with Crippen LogP contribution in [0.25, 0.3) is 0 Å². The van der Waals surface area contributed by atoms with E-state index in [-0.39, 0.29) is 5.75 Å². The summed E-state index contributed by atoms with van der Waals surface area (Å²) in [5.41, 5.74) is 6.76. The maximum atomic E-state index is 10.9. The van der Waals surface area contributed by atoms with E-state index in [2.05, 4.69) is 6.92 Å². The molecule has 0 saturated carbocycles. The molecule has 0 unspecified atom stereocenters. The highest BCUT2D eigenvalue weighted by Crippen LogP contribution is 2.17. The van der Waals surface area contributed by atoms with Crippen molar-refractivity contribution < 1.29 is 5.11 Å². The molecule has 0 aliphatic heterocycles. The molecule has 0 atom stereocenters. The van der Waals surface area contributed by atoms with Crippen molar-refractivity contribution in [2.75, 3.05) is 0 Å². The summed E-state index contributed by atoms with van der Waals surface area (Å²) >= 11 is 0. The second-order valence-corrected chi connectivity index (χ2v) is 2.15. The van der Waals surface area contributed by atoms with E-state index >= 15 is 0 Å². The summed E-state index contributed by atoms with van der Waals surface area (Å²) < 4.78 is 0. The third-order valence-electron chi connectivity index (χ3n) is 1.34. The van der Waals surface area contributed by atoms with E-state index in [0.717, 1.165) is 5.56 Å². The van der Waals surface area contributed by atoms with E-state index in [4.69, 9.17) is 5.73 Å². The molecular weight excluding hydrogens is 126 g/mol. The molecule has 52 valence electrons. The fraction of sp³-hybridized carbons (Fsp3) is 0.125. The average molecular weight is 135 g/mol. The molecule has 2 N–H and O–H groups in total. The lowest BCUT2D eigenvalue weighted by molar-refractivity contribution is 0.350. The van der Waals surface area contributed by atoms with Crippen molar-refractivity contribution in [1.29, 1.82) is 0 Å². The topological polar surface area (TPSA) is 45.9 Å². The molecule has 2 heteroatoms. The van der Waals surface area contributed by atoms with Gasteiger partial charge in [-0.2, -0.15) is 0 Å². The maximum Gasteiger partial charge on any atom is 0.183 e. The Labute approximate surface area is 60.3 Å². The van der Waals surface area contributed by atoms with Gasteiger partial charge in [-0.3, -0.25) is 5.11 Å². The fourth-order valence-corrected chi connectivity index (χ4v) is 0.792. The lowest BCUT2D eigenvalue weighted by atomic mass is 10.1. The van der Waals surface area contributed by atoms with Crippen LogP contribution < -0.4 is 5.73 Å². The maximum absolute atomic E-state index is 10.9. The quantitative estimate of drug-likeness (QED) is 0.622. The average Bonchev–Trinajstić information content (AvgIpc) is 1.94. The minimum absolute atomic E-state index is 0.00472. The molecule has 0 bridgehead atoms. The van der Waals surface area contributed by atoms with Crippen molar-refractivity contribution in [2.45, 2.75) is 6.54 Å². The first kappa shape index (κ1) is 7.09. The minimum Gasteiger partial charge on any atom is -0.326 e. The zero-order chi connectivity index (χ0) is 7.56. The second kappa shape index (κ2) is 2.71. The highest BCUT2D eigenvalue weighted by atomic mass is 16.3. The zero-order valence-electron chi connectivity index (χ0n) is 5.63. The molecule has 0 aliphatic carbocycles. The summed E-state index contributed by atoms with van der Waals surface area (Å²) in [5.74, 6) is -0.00472. The summed E-state index contributed by atoms with van der Waals surface area (Å²) in [6.45, 7) is 3.97. The summed E-state index contributed by atoms with van der Waals surface area (Å²) in [6.07, 6.45) is 0. The molecule has 0 saturated heterocycles. The first-order chi connectivity index (χ1) is 4.74. The minimum atomic E-state index is -0.00472. The monoisotopic (exact) mass is 135 g/mol. The molecule has 0 amide bonds. The summed E-state index contributed by atoms with van der Waals surface area (Å²) in [7, 11) is 0. The van der Waals surface area contributed by atoms with Gasteiger partial charge in [0.2, 0.25) is 0 Å². The molecule has 2 nitrogen and oxygen atoms in total. The largest absolute Gasteiger partial charge is 0.326 e. The van der Waals surface area contributed by atoms with E-state index in [9.17, 15) is 5.11 Å². The van der Waals surface area contributed by atoms with E-state index in [1.54, 1.807) is 12.1 Å². The van der Waals surface area contributed by atoms with Crippen molar-refractivity contribution in [3.63, 3.8) is 0 Å². The molecule has 1 rings (SSSR count). The summed E-state index contributed by atoms with van der Waals surface area (Å²) in [4.78, 5) is 0. The summed E-state index contributed by atoms with van der Waals surface area (Å²) in [5, 5.41) is 10.9. The Bertz CT molecular complexity index is 233. The first-order valence-corrected chi connectivity index (χ1v) is 3.06. The summed E-state index contributed by atoms with van der Waals surface area (Å²) in [6, 6.07) is 4.88. The fourth-order valence-electron chi connectivity index (χ4n) is 0.792. The number of rotatable bonds is 1. The molecular formula is C8H9NO. The van der Waals surface area contributed by atoms with Gasteiger partial charge in [0.25, 0.3) is 0 Å². The van der Waals surface area contributed by atoms with Gasteiger partial charge in [-0.05, 0) is 18.6 Å². The van der Waals surface area contributed by atoms with E-state index in [0.29, 0.717) is 12.1 Å². The molecule has 0 fully saturated rings. The van der Waals surface area contributed by atoms with Crippen LogP contribution in [-0.4, -0.2) is 0 Å². The Balaban J connectivity index is 3.09. The third-order valence-corrected chi connectivity index (χ3v) is 1.34. The molecule has 1 aromatic carbocycles. The van der Waals surface area contributed by atoms with Crippen LogP contribution in [0.2, 0.25) is 0 Å². The van der Waals surface area contributed by atoms with Crippen LogP contribution in [0.15, 0.2) is 18.2 Å². The van der Waals surface area contributed by atoms with Gasteiger partial charge >= 0.3 is 0 Å². The van der Waals surface area contributed by atoms with Crippen molar-refractivity contribution in [1.82, 2.24) is 0 Å². The van der Waals surface area contributed by atoms with Crippen LogP contribution >= 0.6 is 0 Å². The Morgan fingerprint density at radius 1 is 1.50 bits per heavy atom. The SMILES string of the molecule is [CH2]c1ccc([O])c(CN)c1. The van der Waals surface area contributed by atoms with E-state index in [1.165, 1.54) is 6.07 Å². The molecule has 0 spiro atoms. The van der Waals surface area contributed by atoms with Gasteiger partial charge in [-0.25, -0.2) is 0 Å². The van der Waals surface area contributed by atoms with Crippen molar-refractivity contribution in [3.8, 4) is 5.75 Å². The molecule has 0 aromatic heterocycles. The Morgan fingerprint density at radius 3 is 2.70 bits per heavy atom. The van der Waals surface area contributed by atoms with Gasteiger partial charge in [-0.15, -0.1) is 0 Å². The van der Waals surface area contributed by atoms with Crippen LogP contribution in [0.5, 0.6) is 5.75 Å². The van der Waals surface area contributed by atoms with Gasteiger partial charge in [0.1, 0.15) is 0 Å².